The summed E-state index contributed by atoms with van der Waals surface area (Å²) in [4.78, 5) is 51.3. The lowest BCUT2D eigenvalue weighted by molar-refractivity contribution is -0.138. The lowest BCUT2D eigenvalue weighted by atomic mass is 10.1. The molecule has 3 rings (SSSR count). The summed E-state index contributed by atoms with van der Waals surface area (Å²) < 4.78 is 30.9. The monoisotopic (exact) mass is 656 g/mol. The van der Waals surface area contributed by atoms with E-state index in [1.807, 2.05) is 0 Å². The number of amides is 2. The molecule has 2 aromatic carbocycles. The van der Waals surface area contributed by atoms with E-state index in [-0.39, 0.29) is 77.6 Å². The van der Waals surface area contributed by atoms with Crippen molar-refractivity contribution in [2.75, 3.05) is 22.6 Å². The Morgan fingerprint density at radius 2 is 1.60 bits per heavy atom. The zero-order chi connectivity index (χ0) is 33.0. The minimum atomic E-state index is -3.12. The van der Waals surface area contributed by atoms with Crippen LogP contribution in [0.5, 0.6) is 0 Å². The molecule has 0 aliphatic heterocycles. The molecular formula is C31H30ClFN4O7S. The number of carboxylic acid groups (broad SMARTS) is 2. The molecule has 14 heteroatoms. The van der Waals surface area contributed by atoms with Crippen molar-refractivity contribution >= 4 is 56.6 Å². The van der Waals surface area contributed by atoms with Gasteiger partial charge in [-0.15, -0.1) is 0 Å². The molecule has 45 heavy (non-hydrogen) atoms. The van der Waals surface area contributed by atoms with Gasteiger partial charge < -0.3 is 21.3 Å². The number of carbonyl (C=O) groups is 4. The molecule has 0 bridgehead atoms. The highest BCUT2D eigenvalue weighted by atomic mass is 35.5. The van der Waals surface area contributed by atoms with Crippen LogP contribution in [0.3, 0.4) is 0 Å². The third kappa shape index (κ3) is 11.3. The number of nitrogens with zero attached hydrogens (tertiary/aromatic N) is 2. The molecule has 1 aromatic heterocycles. The van der Waals surface area contributed by atoms with Crippen molar-refractivity contribution in [3.05, 3.63) is 87.8 Å². The number of nitrogens with two attached hydrogens (primary N) is 1. The summed E-state index contributed by atoms with van der Waals surface area (Å²) in [5.74, 6) is 1.74. The topological polar surface area (TPSA) is 189 Å². The molecule has 5 N–H and O–H groups in total. The fourth-order valence-electron chi connectivity index (χ4n) is 3.95. The van der Waals surface area contributed by atoms with Crippen molar-refractivity contribution in [1.29, 1.82) is 0 Å². The van der Waals surface area contributed by atoms with Crippen molar-refractivity contribution in [3.63, 3.8) is 0 Å². The Kier molecular flexibility index (Phi) is 12.6. The van der Waals surface area contributed by atoms with E-state index in [0.29, 0.717) is 11.3 Å². The molecule has 0 saturated heterocycles. The van der Waals surface area contributed by atoms with E-state index < -0.39 is 39.3 Å². The molecule has 11 nitrogen and oxygen atoms in total. The predicted molar refractivity (Wildman–Crippen MR) is 168 cm³/mol. The van der Waals surface area contributed by atoms with E-state index in [0.717, 1.165) is 6.07 Å². The highest BCUT2D eigenvalue weighted by Gasteiger charge is 2.16. The normalized spacial score (nSPS) is 10.8. The van der Waals surface area contributed by atoms with Crippen molar-refractivity contribution < 1.29 is 38.0 Å². The molecule has 236 valence electrons. The number of hydrogen-bond acceptors (Lipinski definition) is 7. The number of pyridine rings is 1. The molecule has 0 atom stereocenters. The lowest BCUT2D eigenvalue weighted by Gasteiger charge is -2.10. The number of rotatable bonds is 13. The fourth-order valence-corrected chi connectivity index (χ4v) is 6.24. The summed E-state index contributed by atoms with van der Waals surface area (Å²) >= 11 is 5.77. The van der Waals surface area contributed by atoms with Gasteiger partial charge in [-0.2, -0.15) is 4.36 Å². The summed E-state index contributed by atoms with van der Waals surface area (Å²) in [5.41, 5.74) is 7.20. The first-order valence-electron chi connectivity index (χ1n) is 13.7. The van der Waals surface area contributed by atoms with Crippen LogP contribution in [0.4, 0.5) is 15.9 Å². The van der Waals surface area contributed by atoms with Crippen LogP contribution in [0.25, 0.3) is 0 Å². The van der Waals surface area contributed by atoms with Crippen LogP contribution in [0.1, 0.15) is 70.4 Å². The van der Waals surface area contributed by atoms with Gasteiger partial charge in [0.05, 0.1) is 25.9 Å². The van der Waals surface area contributed by atoms with E-state index in [1.54, 1.807) is 24.3 Å². The molecule has 0 unspecified atom stereocenters. The van der Waals surface area contributed by atoms with Gasteiger partial charge in [0.25, 0.3) is 11.8 Å². The molecule has 3 aromatic rings. The number of hydrogen-bond donors (Lipinski definition) is 4. The number of nitrogen functional groups attached to an aromatic ring is 1. The molecule has 0 aliphatic rings. The van der Waals surface area contributed by atoms with E-state index in [1.165, 1.54) is 24.4 Å². The van der Waals surface area contributed by atoms with Crippen LogP contribution in [-0.2, 0) is 19.3 Å². The minimum absolute atomic E-state index is 0.0173. The maximum atomic E-state index is 13.5. The molecule has 0 spiro atoms. The largest absolute Gasteiger partial charge is 0.481 e. The molecule has 0 fully saturated rings. The van der Waals surface area contributed by atoms with E-state index in [9.17, 15) is 27.8 Å². The molecule has 2 amide bonds. The Morgan fingerprint density at radius 3 is 2.22 bits per heavy atom. The second-order valence-corrected chi connectivity index (χ2v) is 12.8. The molecule has 0 radical (unpaired) electrons. The standard InChI is InChI=1S/C31H30ClFN4O7S/c32-25-18-22(12-13-26(25)33)30(42)36-24-7-5-6-20(16-24)10-11-21-17-23(19-35-29(21)34)31(43)37-45(44,14-3-1-8-27(38)39)15-4-2-9-28(40)41/h5-7,12-13,16-19H,1-4,8-9,14-15H2,(H2,34,35)(H,36,42)(H,38,39)(H,40,41). The van der Waals surface area contributed by atoms with E-state index in [2.05, 4.69) is 26.5 Å². The molecule has 1 heterocycles. The second-order valence-electron chi connectivity index (χ2n) is 9.85. The minimum Gasteiger partial charge on any atom is -0.481 e. The van der Waals surface area contributed by atoms with Crippen LogP contribution >= 0.6 is 11.6 Å². The van der Waals surface area contributed by atoms with Gasteiger partial charge in [0.2, 0.25) is 0 Å². The van der Waals surface area contributed by atoms with Crippen molar-refractivity contribution in [1.82, 2.24) is 4.98 Å². The maximum absolute atomic E-state index is 13.5. The number of unbranched alkanes of at least 4 members (excludes halogenated alkanes) is 2. The summed E-state index contributed by atoms with van der Waals surface area (Å²) in [6, 6.07) is 11.5. The van der Waals surface area contributed by atoms with Gasteiger partial charge in [-0.05, 0) is 68.1 Å². The summed E-state index contributed by atoms with van der Waals surface area (Å²) in [7, 11) is -3.12. The van der Waals surface area contributed by atoms with Crippen LogP contribution in [-0.4, -0.2) is 54.7 Å². The Morgan fingerprint density at radius 1 is 0.933 bits per heavy atom. The van der Waals surface area contributed by atoms with Crippen molar-refractivity contribution in [2.45, 2.75) is 38.5 Å². The van der Waals surface area contributed by atoms with Crippen molar-refractivity contribution in [2.24, 2.45) is 4.36 Å². The quantitative estimate of drug-likeness (QED) is 0.141. The van der Waals surface area contributed by atoms with Crippen LogP contribution < -0.4 is 11.1 Å². The van der Waals surface area contributed by atoms with Crippen LogP contribution in [0, 0.1) is 17.7 Å². The zero-order valence-corrected chi connectivity index (χ0v) is 25.5. The summed E-state index contributed by atoms with van der Waals surface area (Å²) in [6.07, 6.45) is 1.96. The molecule has 0 aliphatic carbocycles. The van der Waals surface area contributed by atoms with Crippen molar-refractivity contribution in [3.8, 4) is 11.8 Å². The second kappa shape index (κ2) is 16.3. The van der Waals surface area contributed by atoms with Crippen LogP contribution in [0.2, 0.25) is 5.02 Å². The maximum Gasteiger partial charge on any atom is 0.303 e. The molecule has 0 saturated carbocycles. The number of anilines is 2. The smallest absolute Gasteiger partial charge is 0.303 e. The SMILES string of the molecule is Nc1ncc(C(=O)N=S(=O)(CCCCC(=O)O)CCCCC(=O)O)cc1C#Cc1cccc(NC(=O)c2ccc(F)c(Cl)c2)c1. The third-order valence-corrected chi connectivity index (χ3v) is 8.91. The van der Waals surface area contributed by atoms with Gasteiger partial charge in [0.15, 0.2) is 0 Å². The number of aromatic nitrogens is 1. The van der Waals surface area contributed by atoms with E-state index in [4.69, 9.17) is 27.5 Å². The first kappa shape index (κ1) is 34.7. The summed E-state index contributed by atoms with van der Waals surface area (Å²) in [5, 5.41) is 20.2. The zero-order valence-electron chi connectivity index (χ0n) is 23.9. The number of nitrogens with one attached hydrogen (secondary N) is 1. The van der Waals surface area contributed by atoms with Gasteiger partial charge in [-0.3, -0.25) is 19.2 Å². The first-order chi connectivity index (χ1) is 21.3. The Hall–Kier alpha value is -4.80. The fraction of sp³-hybridized carbons (Fsp3) is 0.258. The number of carboxylic acids is 2. The van der Waals surface area contributed by atoms with Gasteiger partial charge in [-0.1, -0.05) is 29.5 Å². The Bertz CT molecular complexity index is 1770. The van der Waals surface area contributed by atoms with Gasteiger partial charge in [0.1, 0.15) is 11.6 Å². The number of benzene rings is 2. The van der Waals surface area contributed by atoms with Gasteiger partial charge in [-0.25, -0.2) is 13.6 Å². The number of halogens is 2. The Labute approximate surface area is 264 Å². The summed E-state index contributed by atoms with van der Waals surface area (Å²) in [6.45, 7) is 0. The van der Waals surface area contributed by atoms with Gasteiger partial charge in [0, 0.05) is 47.4 Å². The van der Waals surface area contributed by atoms with Crippen LogP contribution in [0.15, 0.2) is 59.1 Å². The third-order valence-electron chi connectivity index (χ3n) is 6.27. The average molecular weight is 657 g/mol. The first-order valence-corrected chi connectivity index (χ1v) is 15.9. The van der Waals surface area contributed by atoms with Gasteiger partial charge >= 0.3 is 11.9 Å². The van der Waals surface area contributed by atoms with E-state index >= 15 is 0 Å². The lowest BCUT2D eigenvalue weighted by Crippen LogP contribution is -2.15. The highest BCUT2D eigenvalue weighted by Crippen LogP contribution is 2.19. The highest BCUT2D eigenvalue weighted by molar-refractivity contribution is 7.93. The Balaban J connectivity index is 1.79. The number of aliphatic carboxylic acids is 2. The number of carbonyl (C=O) groups excluding carboxylic acids is 2. The molecular weight excluding hydrogens is 627 g/mol. The predicted octanol–water partition coefficient (Wildman–Crippen LogP) is 5.23. The average Bonchev–Trinajstić information content (AvgIpc) is 2.98.